The predicted octanol–water partition coefficient (Wildman–Crippen LogP) is 4.67. The fourth-order valence-corrected chi connectivity index (χ4v) is 3.11. The molecule has 0 aliphatic carbocycles. The van der Waals surface area contributed by atoms with Gasteiger partial charge in [-0.3, -0.25) is 9.36 Å². The van der Waals surface area contributed by atoms with Gasteiger partial charge in [0.15, 0.2) is 0 Å². The molecule has 0 atom stereocenters. The molecule has 0 fully saturated rings. The largest absolute Gasteiger partial charge is 0.268 e. The fraction of sp³-hybridized carbons (Fsp3) is 0.0909. The van der Waals surface area contributed by atoms with Crippen molar-refractivity contribution in [1.29, 1.82) is 0 Å². The summed E-state index contributed by atoms with van der Waals surface area (Å²) < 4.78 is 1.74. The lowest BCUT2D eigenvalue weighted by molar-refractivity contribution is 0.961. The zero-order valence-electron chi connectivity index (χ0n) is 14.2. The molecule has 0 saturated carbocycles. The Morgan fingerprint density at radius 3 is 2.32 bits per heavy atom. The van der Waals surface area contributed by atoms with Gasteiger partial charge in [-0.1, -0.05) is 54.6 Å². The highest BCUT2D eigenvalue weighted by Crippen LogP contribution is 2.24. The summed E-state index contributed by atoms with van der Waals surface area (Å²) in [5.74, 6) is 0.665. The van der Waals surface area contributed by atoms with Gasteiger partial charge in [0, 0.05) is 5.56 Å². The van der Waals surface area contributed by atoms with E-state index in [1.807, 2.05) is 73.7 Å². The number of fused-ring (bicyclic) bond motifs is 1. The van der Waals surface area contributed by atoms with Crippen molar-refractivity contribution in [3.05, 3.63) is 94.3 Å². The van der Waals surface area contributed by atoms with Crippen LogP contribution in [0, 0.1) is 13.8 Å². The average Bonchev–Trinajstić information content (AvgIpc) is 2.65. The van der Waals surface area contributed by atoms with Crippen molar-refractivity contribution >= 4 is 10.9 Å². The number of aromatic nitrogens is 2. The summed E-state index contributed by atoms with van der Waals surface area (Å²) in [6, 6.07) is 23.4. The highest BCUT2D eigenvalue weighted by Gasteiger charge is 2.15. The van der Waals surface area contributed by atoms with Gasteiger partial charge in [0.25, 0.3) is 5.56 Å². The lowest BCUT2D eigenvalue weighted by atomic mass is 10.1. The van der Waals surface area contributed by atoms with Gasteiger partial charge in [0.2, 0.25) is 0 Å². The van der Waals surface area contributed by atoms with E-state index in [0.717, 1.165) is 22.4 Å². The number of rotatable bonds is 2. The van der Waals surface area contributed by atoms with Crippen LogP contribution in [0.15, 0.2) is 77.6 Å². The van der Waals surface area contributed by atoms with Crippen molar-refractivity contribution in [2.24, 2.45) is 0 Å². The maximum Gasteiger partial charge on any atom is 0.266 e. The van der Waals surface area contributed by atoms with E-state index in [4.69, 9.17) is 4.98 Å². The zero-order valence-corrected chi connectivity index (χ0v) is 14.2. The minimum absolute atomic E-state index is 0.0434. The number of para-hydroxylation sites is 1. The minimum atomic E-state index is -0.0434. The quantitative estimate of drug-likeness (QED) is 0.536. The van der Waals surface area contributed by atoms with Crippen molar-refractivity contribution in [3.63, 3.8) is 0 Å². The number of aryl methyl sites for hydroxylation is 1. The van der Waals surface area contributed by atoms with E-state index >= 15 is 0 Å². The van der Waals surface area contributed by atoms with E-state index in [9.17, 15) is 4.79 Å². The first kappa shape index (κ1) is 15.3. The maximum atomic E-state index is 13.3. The molecule has 1 aromatic heterocycles. The van der Waals surface area contributed by atoms with Crippen LogP contribution in [0.25, 0.3) is 28.0 Å². The highest BCUT2D eigenvalue weighted by atomic mass is 16.1. The van der Waals surface area contributed by atoms with Crippen LogP contribution in [-0.4, -0.2) is 9.55 Å². The van der Waals surface area contributed by atoms with Gasteiger partial charge in [-0.15, -0.1) is 0 Å². The Morgan fingerprint density at radius 1 is 0.800 bits per heavy atom. The van der Waals surface area contributed by atoms with Crippen LogP contribution in [0.4, 0.5) is 0 Å². The molecule has 4 aromatic rings. The first-order valence-electron chi connectivity index (χ1n) is 8.30. The zero-order chi connectivity index (χ0) is 17.4. The molecular formula is C22H18N2O. The van der Waals surface area contributed by atoms with E-state index in [1.165, 1.54) is 0 Å². The number of nitrogens with zero attached hydrogens (tertiary/aromatic N) is 2. The molecule has 4 rings (SSSR count). The lowest BCUT2D eigenvalue weighted by Gasteiger charge is -2.16. The molecule has 0 radical (unpaired) electrons. The predicted molar refractivity (Wildman–Crippen MR) is 102 cm³/mol. The van der Waals surface area contributed by atoms with Crippen LogP contribution >= 0.6 is 0 Å². The van der Waals surface area contributed by atoms with Gasteiger partial charge in [0.05, 0.1) is 16.6 Å². The van der Waals surface area contributed by atoms with Gasteiger partial charge in [-0.25, -0.2) is 4.98 Å². The Labute approximate surface area is 146 Å². The molecule has 1 heterocycles. The van der Waals surface area contributed by atoms with E-state index < -0.39 is 0 Å². The Bertz CT molecular complexity index is 1130. The molecule has 0 aliphatic rings. The molecule has 0 aliphatic heterocycles. The maximum absolute atomic E-state index is 13.3. The van der Waals surface area contributed by atoms with Gasteiger partial charge in [-0.05, 0) is 43.2 Å². The summed E-state index contributed by atoms with van der Waals surface area (Å²) in [5, 5.41) is 0.628. The fourth-order valence-electron chi connectivity index (χ4n) is 3.11. The molecule has 0 N–H and O–H groups in total. The van der Waals surface area contributed by atoms with Crippen LogP contribution < -0.4 is 5.56 Å². The van der Waals surface area contributed by atoms with E-state index in [2.05, 4.69) is 13.0 Å². The second kappa shape index (κ2) is 6.02. The summed E-state index contributed by atoms with van der Waals surface area (Å²) in [6.45, 7) is 4.10. The van der Waals surface area contributed by atoms with E-state index in [-0.39, 0.29) is 5.56 Å². The molecule has 0 unspecified atom stereocenters. The summed E-state index contributed by atoms with van der Waals surface area (Å²) in [7, 11) is 0. The van der Waals surface area contributed by atoms with Gasteiger partial charge in [-0.2, -0.15) is 0 Å². The third-order valence-electron chi connectivity index (χ3n) is 4.62. The third kappa shape index (κ3) is 2.54. The average molecular weight is 326 g/mol. The minimum Gasteiger partial charge on any atom is -0.268 e. The van der Waals surface area contributed by atoms with Crippen molar-refractivity contribution in [2.45, 2.75) is 13.8 Å². The van der Waals surface area contributed by atoms with E-state index in [0.29, 0.717) is 16.7 Å². The van der Waals surface area contributed by atoms with Crippen LogP contribution in [-0.2, 0) is 0 Å². The molecule has 122 valence electrons. The Morgan fingerprint density at radius 2 is 1.52 bits per heavy atom. The molecule has 3 aromatic carbocycles. The van der Waals surface area contributed by atoms with Crippen LogP contribution in [0.1, 0.15) is 11.1 Å². The highest BCUT2D eigenvalue weighted by molar-refractivity contribution is 5.80. The number of hydrogen-bond donors (Lipinski definition) is 0. The SMILES string of the molecule is Cc1cccc(-n2c(-c3ccccc3)nc3ccccc3c2=O)c1C. The Kier molecular flexibility index (Phi) is 3.69. The topological polar surface area (TPSA) is 34.9 Å². The first-order chi connectivity index (χ1) is 12.2. The summed E-state index contributed by atoms with van der Waals surface area (Å²) in [6.07, 6.45) is 0. The standard InChI is InChI=1S/C22H18N2O/c1-15-9-8-14-20(16(15)2)24-21(17-10-4-3-5-11-17)23-19-13-7-6-12-18(19)22(24)25/h3-14H,1-2H3. The normalized spacial score (nSPS) is 11.0. The lowest BCUT2D eigenvalue weighted by Crippen LogP contribution is -2.22. The molecule has 0 bridgehead atoms. The second-order valence-corrected chi connectivity index (χ2v) is 6.18. The van der Waals surface area contributed by atoms with Gasteiger partial charge < -0.3 is 0 Å². The number of hydrogen-bond acceptors (Lipinski definition) is 2. The van der Waals surface area contributed by atoms with Crippen molar-refractivity contribution < 1.29 is 0 Å². The molecular weight excluding hydrogens is 308 g/mol. The van der Waals surface area contributed by atoms with Crippen molar-refractivity contribution in [1.82, 2.24) is 9.55 Å². The van der Waals surface area contributed by atoms with Gasteiger partial charge in [0.1, 0.15) is 5.82 Å². The molecule has 25 heavy (non-hydrogen) atoms. The van der Waals surface area contributed by atoms with Crippen LogP contribution in [0.3, 0.4) is 0 Å². The smallest absolute Gasteiger partial charge is 0.266 e. The van der Waals surface area contributed by atoms with Gasteiger partial charge >= 0.3 is 0 Å². The van der Waals surface area contributed by atoms with Crippen molar-refractivity contribution in [3.8, 4) is 17.1 Å². The summed E-state index contributed by atoms with van der Waals surface area (Å²) in [5.41, 5.74) is 4.70. The molecule has 3 heteroatoms. The molecule has 0 spiro atoms. The summed E-state index contributed by atoms with van der Waals surface area (Å²) in [4.78, 5) is 18.1. The Hall–Kier alpha value is -3.20. The Balaban J connectivity index is 2.17. The first-order valence-corrected chi connectivity index (χ1v) is 8.30. The molecule has 0 saturated heterocycles. The molecule has 0 amide bonds. The van der Waals surface area contributed by atoms with Crippen LogP contribution in [0.2, 0.25) is 0 Å². The molecule has 3 nitrogen and oxygen atoms in total. The summed E-state index contributed by atoms with van der Waals surface area (Å²) >= 11 is 0. The third-order valence-corrected chi connectivity index (χ3v) is 4.62. The van der Waals surface area contributed by atoms with E-state index in [1.54, 1.807) is 4.57 Å². The van der Waals surface area contributed by atoms with Crippen LogP contribution in [0.5, 0.6) is 0 Å². The number of benzene rings is 3. The monoisotopic (exact) mass is 326 g/mol. The second-order valence-electron chi connectivity index (χ2n) is 6.18. The van der Waals surface area contributed by atoms with Crippen molar-refractivity contribution in [2.75, 3.05) is 0 Å².